The number of benzene rings is 1. The number of urea groups is 1. The Labute approximate surface area is 186 Å². The van der Waals surface area contributed by atoms with E-state index in [4.69, 9.17) is 16.0 Å². The molecule has 166 valence electrons. The van der Waals surface area contributed by atoms with E-state index in [-0.39, 0.29) is 17.8 Å². The summed E-state index contributed by atoms with van der Waals surface area (Å²) in [6.45, 7) is 1.36. The molecule has 1 aromatic carbocycles. The van der Waals surface area contributed by atoms with Gasteiger partial charge in [0.25, 0.3) is 5.89 Å². The summed E-state index contributed by atoms with van der Waals surface area (Å²) in [7, 11) is 4.15. The highest BCUT2D eigenvalue weighted by Crippen LogP contribution is 2.48. The molecule has 1 saturated carbocycles. The number of anilines is 1. The molecule has 5 rings (SSSR count). The van der Waals surface area contributed by atoms with Gasteiger partial charge in [0.1, 0.15) is 5.52 Å². The number of amides is 3. The largest absolute Gasteiger partial charge is 0.432 e. The van der Waals surface area contributed by atoms with Gasteiger partial charge in [-0.1, -0.05) is 30.9 Å². The fourth-order valence-corrected chi connectivity index (χ4v) is 5.62. The van der Waals surface area contributed by atoms with Crippen molar-refractivity contribution in [3.63, 3.8) is 0 Å². The van der Waals surface area contributed by atoms with Crippen molar-refractivity contribution in [2.45, 2.75) is 56.5 Å². The summed E-state index contributed by atoms with van der Waals surface area (Å²) in [5.41, 5.74) is 1.95. The first-order chi connectivity index (χ1) is 14.9. The van der Waals surface area contributed by atoms with Crippen LogP contribution in [0.25, 0.3) is 11.1 Å². The Kier molecular flexibility index (Phi) is 5.09. The van der Waals surface area contributed by atoms with Crippen LogP contribution in [0.3, 0.4) is 0 Å². The smallest absolute Gasteiger partial charge is 0.319 e. The fraction of sp³-hybridized carbons (Fsp3) is 0.591. The number of aromatic nitrogens is 1. The number of carbonyl (C=O) groups excluding carboxylic acids is 2. The van der Waals surface area contributed by atoms with Crippen molar-refractivity contribution in [1.29, 1.82) is 0 Å². The van der Waals surface area contributed by atoms with Crippen molar-refractivity contribution >= 4 is 40.3 Å². The van der Waals surface area contributed by atoms with E-state index in [1.807, 2.05) is 4.90 Å². The van der Waals surface area contributed by atoms with Crippen LogP contribution in [-0.2, 0) is 5.54 Å². The number of oxazole rings is 1. The first-order valence-corrected chi connectivity index (χ1v) is 11.4. The van der Waals surface area contributed by atoms with Crippen molar-refractivity contribution in [3.05, 3.63) is 22.5 Å². The number of likely N-dealkylation sites (tertiary alicyclic amines) is 1. The zero-order chi connectivity index (χ0) is 21.8. The number of carbonyl (C=O) groups is 2. The number of fused-ring (bicyclic) bond motifs is 4. The molecule has 31 heavy (non-hydrogen) atoms. The van der Waals surface area contributed by atoms with Gasteiger partial charge in [0.05, 0.1) is 16.2 Å². The van der Waals surface area contributed by atoms with Gasteiger partial charge in [-0.05, 0) is 45.8 Å². The number of nitrogens with one attached hydrogen (secondary N) is 2. The van der Waals surface area contributed by atoms with Crippen LogP contribution < -0.4 is 10.6 Å². The molecular formula is C22H28ClN5O3. The topological polar surface area (TPSA) is 90.7 Å². The van der Waals surface area contributed by atoms with Gasteiger partial charge in [-0.15, -0.1) is 0 Å². The molecule has 1 spiro atoms. The third kappa shape index (κ3) is 3.46. The highest BCUT2D eigenvalue weighted by atomic mass is 35.5. The predicted molar refractivity (Wildman–Crippen MR) is 119 cm³/mol. The average molecular weight is 446 g/mol. The third-order valence-corrected chi connectivity index (χ3v) is 7.37. The minimum absolute atomic E-state index is 0.0885. The Morgan fingerprint density at radius 3 is 2.65 bits per heavy atom. The molecule has 8 nitrogen and oxygen atoms in total. The zero-order valence-electron chi connectivity index (χ0n) is 18.0. The van der Waals surface area contributed by atoms with Gasteiger partial charge in [-0.3, -0.25) is 4.79 Å². The van der Waals surface area contributed by atoms with Crippen LogP contribution in [0.4, 0.5) is 10.5 Å². The molecule has 3 aliphatic rings. The highest BCUT2D eigenvalue weighted by Gasteiger charge is 2.44. The summed E-state index contributed by atoms with van der Waals surface area (Å²) in [5, 5.41) is 6.39. The lowest BCUT2D eigenvalue weighted by Gasteiger charge is -2.42. The number of hydrogen-bond donors (Lipinski definition) is 2. The Morgan fingerprint density at radius 2 is 1.97 bits per heavy atom. The van der Waals surface area contributed by atoms with Crippen LogP contribution in [0.1, 0.15) is 61.2 Å². The zero-order valence-corrected chi connectivity index (χ0v) is 18.7. The molecule has 0 radical (unpaired) electrons. The molecule has 3 heterocycles. The van der Waals surface area contributed by atoms with Gasteiger partial charge in [0, 0.05) is 24.7 Å². The average Bonchev–Trinajstić information content (AvgIpc) is 3.17. The van der Waals surface area contributed by atoms with E-state index >= 15 is 0 Å². The van der Waals surface area contributed by atoms with Gasteiger partial charge in [-0.25, -0.2) is 9.78 Å². The molecule has 0 unspecified atom stereocenters. The van der Waals surface area contributed by atoms with Crippen molar-refractivity contribution in [3.8, 4) is 0 Å². The van der Waals surface area contributed by atoms with Crippen LogP contribution in [0.15, 0.2) is 10.5 Å². The van der Waals surface area contributed by atoms with E-state index < -0.39 is 5.54 Å². The molecule has 3 amide bonds. The SMILES string of the molecule is CN(C)C1CCN(C(=O)c2nc3cc(Cl)c4c(c3o2)C2(CCCCC2)NC(=O)N4)CC1. The van der Waals surface area contributed by atoms with Gasteiger partial charge in [-0.2, -0.15) is 0 Å². The second-order valence-electron chi connectivity index (χ2n) is 9.18. The lowest BCUT2D eigenvalue weighted by atomic mass is 9.74. The summed E-state index contributed by atoms with van der Waals surface area (Å²) >= 11 is 6.55. The second-order valence-corrected chi connectivity index (χ2v) is 9.59. The second kappa shape index (κ2) is 7.67. The fourth-order valence-electron chi connectivity index (χ4n) is 5.38. The normalized spacial score (nSPS) is 21.3. The van der Waals surface area contributed by atoms with Crippen LogP contribution in [0, 0.1) is 0 Å². The first kappa shape index (κ1) is 20.6. The monoisotopic (exact) mass is 445 g/mol. The molecule has 0 atom stereocenters. The number of piperidine rings is 1. The molecule has 2 fully saturated rings. The van der Waals surface area contributed by atoms with Crippen molar-refractivity contribution in [2.24, 2.45) is 0 Å². The molecular weight excluding hydrogens is 418 g/mol. The van der Waals surface area contributed by atoms with Gasteiger partial charge < -0.3 is 24.9 Å². The minimum Gasteiger partial charge on any atom is -0.432 e. The van der Waals surface area contributed by atoms with E-state index in [0.717, 1.165) is 50.5 Å². The molecule has 0 bridgehead atoms. The number of nitrogens with zero attached hydrogens (tertiary/aromatic N) is 3. The molecule has 1 aliphatic carbocycles. The van der Waals surface area contributed by atoms with E-state index in [0.29, 0.717) is 40.9 Å². The maximum Gasteiger partial charge on any atom is 0.319 e. The van der Waals surface area contributed by atoms with Crippen molar-refractivity contribution in [2.75, 3.05) is 32.5 Å². The van der Waals surface area contributed by atoms with Gasteiger partial charge in [0.2, 0.25) is 0 Å². The minimum atomic E-state index is -0.539. The molecule has 2 N–H and O–H groups in total. The summed E-state index contributed by atoms with van der Waals surface area (Å²) in [6.07, 6.45) is 6.63. The number of hydrogen-bond acceptors (Lipinski definition) is 5. The maximum atomic E-state index is 13.2. The van der Waals surface area contributed by atoms with Crippen LogP contribution in [0.5, 0.6) is 0 Å². The summed E-state index contributed by atoms with van der Waals surface area (Å²) in [5.74, 6) is -0.102. The molecule has 2 aromatic rings. The summed E-state index contributed by atoms with van der Waals surface area (Å²) in [4.78, 5) is 34.1. The van der Waals surface area contributed by atoms with Gasteiger partial charge in [0.15, 0.2) is 5.58 Å². The van der Waals surface area contributed by atoms with Crippen molar-refractivity contribution in [1.82, 2.24) is 20.1 Å². The van der Waals surface area contributed by atoms with E-state index in [2.05, 4.69) is 34.6 Å². The lowest BCUT2D eigenvalue weighted by molar-refractivity contribution is 0.0626. The maximum absolute atomic E-state index is 13.2. The Bertz CT molecular complexity index is 1040. The van der Waals surface area contributed by atoms with E-state index in [1.165, 1.54) is 0 Å². The van der Waals surface area contributed by atoms with E-state index in [1.54, 1.807) is 6.07 Å². The highest BCUT2D eigenvalue weighted by molar-refractivity contribution is 6.35. The summed E-state index contributed by atoms with van der Waals surface area (Å²) in [6, 6.07) is 1.91. The number of halogens is 1. The third-order valence-electron chi connectivity index (χ3n) is 7.07. The van der Waals surface area contributed by atoms with Crippen LogP contribution >= 0.6 is 11.6 Å². The first-order valence-electron chi connectivity index (χ1n) is 11.1. The van der Waals surface area contributed by atoms with Gasteiger partial charge >= 0.3 is 11.9 Å². The van der Waals surface area contributed by atoms with Crippen LogP contribution in [-0.4, -0.2) is 59.9 Å². The quantitative estimate of drug-likeness (QED) is 0.730. The van der Waals surface area contributed by atoms with E-state index in [9.17, 15) is 9.59 Å². The lowest BCUT2D eigenvalue weighted by Crippen LogP contribution is -2.52. The molecule has 1 saturated heterocycles. The Hall–Kier alpha value is -2.32. The Morgan fingerprint density at radius 1 is 1.26 bits per heavy atom. The molecule has 9 heteroatoms. The number of rotatable bonds is 2. The summed E-state index contributed by atoms with van der Waals surface area (Å²) < 4.78 is 6.11. The Balaban J connectivity index is 1.53. The standard InChI is InChI=1S/C22H28ClN5O3/c1-27(2)13-6-10-28(11-7-13)20(29)19-24-15-12-14(23)17-16(18(15)31-19)22(26-21(30)25-17)8-4-3-5-9-22/h12-13H,3-11H2,1-2H3,(H2,25,26,30). The molecule has 1 aromatic heterocycles. The molecule has 2 aliphatic heterocycles. The van der Waals surface area contributed by atoms with Crippen LogP contribution in [0.2, 0.25) is 5.02 Å². The predicted octanol–water partition coefficient (Wildman–Crippen LogP) is 3.94. The van der Waals surface area contributed by atoms with Crippen molar-refractivity contribution < 1.29 is 14.0 Å².